The number of aromatic amines is 1. The Bertz CT molecular complexity index is 1410. The van der Waals surface area contributed by atoms with Crippen LogP contribution in [0.1, 0.15) is 34.7 Å². The third-order valence-corrected chi connectivity index (χ3v) is 6.19. The van der Waals surface area contributed by atoms with Crippen molar-refractivity contribution < 1.29 is 32.2 Å². The number of phenols is 1. The molecule has 5 rings (SSSR count). The number of nitrogens with zero attached hydrogens (tertiary/aromatic N) is 3. The van der Waals surface area contributed by atoms with Crippen LogP contribution in [-0.4, -0.2) is 50.3 Å². The minimum atomic E-state index is -4.79. The average molecular weight is 500 g/mol. The van der Waals surface area contributed by atoms with Crippen LogP contribution in [0.4, 0.5) is 17.6 Å². The first kappa shape index (κ1) is 23.6. The Morgan fingerprint density at radius 1 is 1.08 bits per heavy atom. The summed E-state index contributed by atoms with van der Waals surface area (Å²) in [6.07, 6.45) is -1.87. The highest BCUT2D eigenvalue weighted by atomic mass is 19.4. The Kier molecular flexibility index (Phi) is 5.99. The maximum Gasteiger partial charge on any atom is 0.573 e. The van der Waals surface area contributed by atoms with Gasteiger partial charge in [-0.3, -0.25) is 4.79 Å². The lowest BCUT2D eigenvalue weighted by Gasteiger charge is -2.32. The fourth-order valence-corrected chi connectivity index (χ4v) is 4.47. The summed E-state index contributed by atoms with van der Waals surface area (Å²) in [4.78, 5) is 26.3. The molecule has 1 aliphatic heterocycles. The largest absolute Gasteiger partial charge is 0.573 e. The van der Waals surface area contributed by atoms with E-state index in [9.17, 15) is 27.5 Å². The molecule has 1 aliphatic rings. The fourth-order valence-electron chi connectivity index (χ4n) is 4.47. The molecule has 2 aromatic heterocycles. The molecule has 0 saturated carbocycles. The zero-order chi connectivity index (χ0) is 25.4. The Hall–Kier alpha value is -4.15. The number of hydrogen-bond acceptors (Lipinski definition) is 5. The van der Waals surface area contributed by atoms with E-state index in [0.717, 1.165) is 23.8 Å². The zero-order valence-corrected chi connectivity index (χ0v) is 18.7. The number of fused-ring (bicyclic) bond motifs is 1. The molecule has 186 valence electrons. The van der Waals surface area contributed by atoms with E-state index in [1.807, 2.05) is 6.07 Å². The van der Waals surface area contributed by atoms with Gasteiger partial charge in [-0.15, -0.1) is 13.2 Å². The number of imidazole rings is 1. The average Bonchev–Trinajstić information content (AvgIpc) is 3.29. The number of aromatic hydroxyl groups is 1. The molecule has 3 heterocycles. The monoisotopic (exact) mass is 500 g/mol. The third-order valence-electron chi connectivity index (χ3n) is 6.19. The highest BCUT2D eigenvalue weighted by Gasteiger charge is 2.31. The van der Waals surface area contributed by atoms with Gasteiger partial charge in [0.25, 0.3) is 5.91 Å². The first-order valence-electron chi connectivity index (χ1n) is 11.2. The van der Waals surface area contributed by atoms with E-state index >= 15 is 0 Å². The molecule has 7 nitrogen and oxygen atoms in total. The normalized spacial score (nSPS) is 14.8. The lowest BCUT2D eigenvalue weighted by molar-refractivity contribution is -0.274. The SMILES string of the molecule is O=C(c1ccc(OC(F)(F)F)cc1)N1CCC(c2ccnc3nc(-c4cc(O)ccc4F)[nH]c23)CC1. The number of piperidine rings is 1. The van der Waals surface area contributed by atoms with Crippen LogP contribution < -0.4 is 4.74 Å². The van der Waals surface area contributed by atoms with Crippen molar-refractivity contribution >= 4 is 17.1 Å². The number of ether oxygens (including phenoxy) is 1. The molecule has 0 radical (unpaired) electrons. The van der Waals surface area contributed by atoms with E-state index in [0.29, 0.717) is 37.1 Å². The van der Waals surface area contributed by atoms with Crippen LogP contribution >= 0.6 is 0 Å². The Labute approximate surface area is 202 Å². The smallest absolute Gasteiger partial charge is 0.508 e. The van der Waals surface area contributed by atoms with Crippen molar-refractivity contribution in [2.24, 2.45) is 0 Å². The number of aromatic nitrogens is 3. The highest BCUT2D eigenvalue weighted by molar-refractivity contribution is 5.94. The molecule has 0 spiro atoms. The van der Waals surface area contributed by atoms with Crippen LogP contribution in [0.15, 0.2) is 54.7 Å². The number of alkyl halides is 3. The number of phenolic OH excluding ortho intramolecular Hbond substituents is 1. The van der Waals surface area contributed by atoms with Crippen molar-refractivity contribution in [3.63, 3.8) is 0 Å². The molecular weight excluding hydrogens is 480 g/mol. The number of pyridine rings is 1. The first-order chi connectivity index (χ1) is 17.2. The van der Waals surface area contributed by atoms with Gasteiger partial charge in [-0.25, -0.2) is 14.4 Å². The van der Waals surface area contributed by atoms with Gasteiger partial charge in [-0.05, 0) is 72.9 Å². The number of hydrogen-bond donors (Lipinski definition) is 2. The van der Waals surface area contributed by atoms with E-state index in [-0.39, 0.29) is 40.3 Å². The molecule has 36 heavy (non-hydrogen) atoms. The number of carbonyl (C=O) groups excluding carboxylic acids is 1. The van der Waals surface area contributed by atoms with Gasteiger partial charge >= 0.3 is 6.36 Å². The molecule has 0 atom stereocenters. The summed E-state index contributed by atoms with van der Waals surface area (Å²) >= 11 is 0. The number of rotatable bonds is 4. The van der Waals surface area contributed by atoms with E-state index in [1.165, 1.54) is 24.3 Å². The summed E-state index contributed by atoms with van der Waals surface area (Å²) in [7, 11) is 0. The summed E-state index contributed by atoms with van der Waals surface area (Å²) in [5.74, 6) is -0.926. The molecule has 11 heteroatoms. The van der Waals surface area contributed by atoms with E-state index < -0.39 is 12.2 Å². The standard InChI is InChI=1S/C25H20F4N4O3/c26-20-6-3-16(34)13-19(20)22-31-21-18(7-10-30-23(21)32-22)14-8-11-33(12-9-14)24(35)15-1-4-17(5-2-15)36-25(27,28)29/h1-7,10,13-14,34H,8-9,11-12H2,(H,30,31,32). The minimum Gasteiger partial charge on any atom is -0.508 e. The predicted octanol–water partition coefficient (Wildman–Crippen LogP) is 5.39. The van der Waals surface area contributed by atoms with Gasteiger partial charge in [0.15, 0.2) is 5.65 Å². The minimum absolute atomic E-state index is 0.0837. The molecule has 0 unspecified atom stereocenters. The molecule has 1 saturated heterocycles. The van der Waals surface area contributed by atoms with Gasteiger partial charge in [0.2, 0.25) is 0 Å². The van der Waals surface area contributed by atoms with E-state index in [1.54, 1.807) is 11.1 Å². The number of benzene rings is 2. The third kappa shape index (κ3) is 4.81. The topological polar surface area (TPSA) is 91.3 Å². The molecular formula is C25H20F4N4O3. The van der Waals surface area contributed by atoms with Crippen molar-refractivity contribution in [3.8, 4) is 22.9 Å². The molecule has 2 aromatic carbocycles. The van der Waals surface area contributed by atoms with Gasteiger partial charge in [0.1, 0.15) is 23.1 Å². The molecule has 1 amide bonds. The van der Waals surface area contributed by atoms with Crippen LogP contribution in [0.25, 0.3) is 22.6 Å². The molecule has 2 N–H and O–H groups in total. The van der Waals surface area contributed by atoms with Crippen LogP contribution in [0, 0.1) is 5.82 Å². The number of amides is 1. The molecule has 0 aliphatic carbocycles. The van der Waals surface area contributed by atoms with Gasteiger partial charge in [0, 0.05) is 24.8 Å². The summed E-state index contributed by atoms with van der Waals surface area (Å²) in [5.41, 5.74) is 2.44. The highest BCUT2D eigenvalue weighted by Crippen LogP contribution is 2.34. The number of halogens is 4. The van der Waals surface area contributed by atoms with Gasteiger partial charge < -0.3 is 19.7 Å². The number of carbonyl (C=O) groups is 1. The van der Waals surface area contributed by atoms with Crippen LogP contribution in [0.3, 0.4) is 0 Å². The van der Waals surface area contributed by atoms with Crippen molar-refractivity contribution in [1.29, 1.82) is 0 Å². The zero-order valence-electron chi connectivity index (χ0n) is 18.7. The second-order valence-electron chi connectivity index (χ2n) is 8.49. The number of H-pyrrole nitrogens is 1. The van der Waals surface area contributed by atoms with Crippen molar-refractivity contribution in [1.82, 2.24) is 19.9 Å². The maximum atomic E-state index is 14.3. The number of nitrogens with one attached hydrogen (secondary N) is 1. The molecule has 1 fully saturated rings. The van der Waals surface area contributed by atoms with Gasteiger partial charge in [0.05, 0.1) is 11.1 Å². The lowest BCUT2D eigenvalue weighted by Crippen LogP contribution is -2.38. The first-order valence-corrected chi connectivity index (χ1v) is 11.2. The van der Waals surface area contributed by atoms with Gasteiger partial charge in [-0.1, -0.05) is 0 Å². The van der Waals surface area contributed by atoms with Crippen molar-refractivity contribution in [2.75, 3.05) is 13.1 Å². The van der Waals surface area contributed by atoms with Crippen LogP contribution in [0.2, 0.25) is 0 Å². The summed E-state index contributed by atoms with van der Waals surface area (Å²) in [6.45, 7) is 0.909. The summed E-state index contributed by atoms with van der Waals surface area (Å²) in [5, 5.41) is 9.74. The lowest BCUT2D eigenvalue weighted by atomic mass is 9.89. The summed E-state index contributed by atoms with van der Waals surface area (Å²) in [6, 6.07) is 10.4. The Morgan fingerprint density at radius 3 is 2.50 bits per heavy atom. The van der Waals surface area contributed by atoms with Gasteiger partial charge in [-0.2, -0.15) is 0 Å². The quantitative estimate of drug-likeness (QED) is 0.367. The van der Waals surface area contributed by atoms with Crippen LogP contribution in [-0.2, 0) is 0 Å². The summed E-state index contributed by atoms with van der Waals surface area (Å²) < 4.78 is 55.2. The van der Waals surface area contributed by atoms with Crippen molar-refractivity contribution in [2.45, 2.75) is 25.1 Å². The van der Waals surface area contributed by atoms with E-state index in [2.05, 4.69) is 19.7 Å². The van der Waals surface area contributed by atoms with E-state index in [4.69, 9.17) is 0 Å². The Balaban J connectivity index is 1.30. The number of likely N-dealkylation sites (tertiary alicyclic amines) is 1. The predicted molar refractivity (Wildman–Crippen MR) is 122 cm³/mol. The Morgan fingerprint density at radius 2 is 1.81 bits per heavy atom. The second-order valence-corrected chi connectivity index (χ2v) is 8.49. The fraction of sp³-hybridized carbons (Fsp3) is 0.240. The molecule has 0 bridgehead atoms. The van der Waals surface area contributed by atoms with Crippen LogP contribution in [0.5, 0.6) is 11.5 Å². The van der Waals surface area contributed by atoms with Crippen molar-refractivity contribution in [3.05, 3.63) is 71.7 Å². The maximum absolute atomic E-state index is 14.3. The molecule has 4 aromatic rings. The second kappa shape index (κ2) is 9.14.